The van der Waals surface area contributed by atoms with Crippen LogP contribution in [0.5, 0.6) is 0 Å². The number of anilines is 1. The SMILES string of the molecule is CC1CCCC(OCc2cccc(NC(=O)[C@H]3CNC[C@@H]3c3cnn(C)c3)c2)C1.Cl. The number of carbonyl (C=O) groups is 1. The van der Waals surface area contributed by atoms with E-state index in [4.69, 9.17) is 4.74 Å². The van der Waals surface area contributed by atoms with E-state index < -0.39 is 0 Å². The van der Waals surface area contributed by atoms with Crippen LogP contribution in [0, 0.1) is 11.8 Å². The molecule has 2 aliphatic rings. The highest BCUT2D eigenvalue weighted by atomic mass is 35.5. The van der Waals surface area contributed by atoms with Gasteiger partial charge in [0.15, 0.2) is 0 Å². The molecule has 4 atom stereocenters. The molecule has 0 bridgehead atoms. The fourth-order valence-corrected chi connectivity index (χ4v) is 4.65. The van der Waals surface area contributed by atoms with Gasteiger partial charge in [0.2, 0.25) is 5.91 Å². The van der Waals surface area contributed by atoms with Gasteiger partial charge in [-0.2, -0.15) is 5.10 Å². The number of benzene rings is 1. The fraction of sp³-hybridized carbons (Fsp3) is 0.565. The van der Waals surface area contributed by atoms with Crippen LogP contribution in [0.3, 0.4) is 0 Å². The molecule has 1 aliphatic carbocycles. The van der Waals surface area contributed by atoms with Crippen molar-refractivity contribution >= 4 is 24.0 Å². The highest BCUT2D eigenvalue weighted by Gasteiger charge is 2.34. The minimum absolute atomic E-state index is 0. The standard InChI is InChI=1S/C23H32N4O2.ClH/c1-16-5-3-8-20(9-16)29-15-17-6-4-7-19(10-17)26-23(28)22-13-24-12-21(22)18-11-25-27(2)14-18;/h4,6-7,10-11,14,16,20-22,24H,3,5,8-9,12-13,15H2,1-2H3,(H,26,28);1H/t16?,20?,21-,22+;/m1./s1. The van der Waals surface area contributed by atoms with Gasteiger partial charge < -0.3 is 15.4 Å². The second kappa shape index (κ2) is 10.4. The quantitative estimate of drug-likeness (QED) is 0.726. The first kappa shape index (κ1) is 22.8. The second-order valence-electron chi connectivity index (χ2n) is 8.71. The first-order chi connectivity index (χ1) is 14.1. The summed E-state index contributed by atoms with van der Waals surface area (Å²) < 4.78 is 7.94. The Hall–Kier alpha value is -1.89. The molecular formula is C23H33ClN4O2. The number of nitrogens with one attached hydrogen (secondary N) is 2. The van der Waals surface area contributed by atoms with E-state index in [1.807, 2.05) is 37.6 Å². The van der Waals surface area contributed by atoms with Crippen molar-refractivity contribution < 1.29 is 9.53 Å². The zero-order valence-corrected chi connectivity index (χ0v) is 18.7. The summed E-state index contributed by atoms with van der Waals surface area (Å²) in [5, 5.41) is 10.7. The number of halogens is 1. The molecule has 1 aliphatic heterocycles. The number of carbonyl (C=O) groups excluding carboxylic acids is 1. The lowest BCUT2D eigenvalue weighted by atomic mass is 9.89. The molecular weight excluding hydrogens is 400 g/mol. The molecule has 1 aromatic carbocycles. The molecule has 2 fully saturated rings. The van der Waals surface area contributed by atoms with E-state index in [1.165, 1.54) is 12.8 Å². The molecule has 2 unspecified atom stereocenters. The van der Waals surface area contributed by atoms with Crippen molar-refractivity contribution in [2.24, 2.45) is 18.9 Å². The van der Waals surface area contributed by atoms with Crippen LogP contribution in [-0.4, -0.2) is 34.9 Å². The molecule has 0 spiro atoms. The molecule has 2 heterocycles. The Morgan fingerprint density at radius 1 is 1.33 bits per heavy atom. The Bertz CT molecular complexity index is 840. The summed E-state index contributed by atoms with van der Waals surface area (Å²) in [6, 6.07) is 8.04. The Kier molecular flexibility index (Phi) is 7.92. The van der Waals surface area contributed by atoms with Gasteiger partial charge in [-0.3, -0.25) is 9.48 Å². The molecule has 1 aromatic heterocycles. The highest BCUT2D eigenvalue weighted by Crippen LogP contribution is 2.29. The van der Waals surface area contributed by atoms with Crippen molar-refractivity contribution in [3.05, 3.63) is 47.8 Å². The lowest BCUT2D eigenvalue weighted by Gasteiger charge is -2.26. The van der Waals surface area contributed by atoms with Gasteiger partial charge >= 0.3 is 0 Å². The van der Waals surface area contributed by atoms with Gasteiger partial charge in [0.25, 0.3) is 0 Å². The van der Waals surface area contributed by atoms with Crippen molar-refractivity contribution in [3.63, 3.8) is 0 Å². The summed E-state index contributed by atoms with van der Waals surface area (Å²) in [6.07, 6.45) is 9.12. The number of aryl methyl sites for hydroxylation is 1. The topological polar surface area (TPSA) is 68.2 Å². The van der Waals surface area contributed by atoms with Gasteiger partial charge in [0.05, 0.1) is 24.8 Å². The zero-order valence-electron chi connectivity index (χ0n) is 17.8. The molecule has 1 amide bonds. The Morgan fingerprint density at radius 3 is 2.97 bits per heavy atom. The lowest BCUT2D eigenvalue weighted by Crippen LogP contribution is -2.28. The van der Waals surface area contributed by atoms with E-state index in [0.29, 0.717) is 19.3 Å². The van der Waals surface area contributed by atoms with Crippen LogP contribution in [0.2, 0.25) is 0 Å². The molecule has 1 saturated heterocycles. The summed E-state index contributed by atoms with van der Waals surface area (Å²) in [7, 11) is 1.91. The number of hydrogen-bond acceptors (Lipinski definition) is 4. The van der Waals surface area contributed by atoms with Crippen LogP contribution in [0.15, 0.2) is 36.7 Å². The molecule has 2 N–H and O–H groups in total. The predicted molar refractivity (Wildman–Crippen MR) is 121 cm³/mol. The van der Waals surface area contributed by atoms with Gasteiger partial charge in [0, 0.05) is 37.9 Å². The zero-order chi connectivity index (χ0) is 20.2. The smallest absolute Gasteiger partial charge is 0.229 e. The largest absolute Gasteiger partial charge is 0.374 e. The molecule has 2 aromatic rings. The molecule has 1 saturated carbocycles. The van der Waals surface area contributed by atoms with Crippen molar-refractivity contribution in [2.75, 3.05) is 18.4 Å². The molecule has 30 heavy (non-hydrogen) atoms. The van der Waals surface area contributed by atoms with Crippen LogP contribution in [0.1, 0.15) is 49.7 Å². The third-order valence-electron chi connectivity index (χ3n) is 6.27. The average molecular weight is 433 g/mol. The molecule has 4 rings (SSSR count). The third kappa shape index (κ3) is 5.62. The average Bonchev–Trinajstić information content (AvgIpc) is 3.35. The lowest BCUT2D eigenvalue weighted by molar-refractivity contribution is -0.119. The normalized spacial score (nSPS) is 26.2. The van der Waals surface area contributed by atoms with Crippen LogP contribution < -0.4 is 10.6 Å². The van der Waals surface area contributed by atoms with Crippen molar-refractivity contribution in [1.29, 1.82) is 0 Å². The number of hydrogen-bond donors (Lipinski definition) is 2. The number of aromatic nitrogens is 2. The Morgan fingerprint density at radius 2 is 2.20 bits per heavy atom. The monoisotopic (exact) mass is 432 g/mol. The van der Waals surface area contributed by atoms with Gasteiger partial charge in [-0.1, -0.05) is 31.9 Å². The molecule has 164 valence electrons. The minimum Gasteiger partial charge on any atom is -0.374 e. The number of rotatable bonds is 6. The van der Waals surface area contributed by atoms with Crippen LogP contribution in [0.4, 0.5) is 5.69 Å². The summed E-state index contributed by atoms with van der Waals surface area (Å²) in [4.78, 5) is 12.9. The third-order valence-corrected chi connectivity index (χ3v) is 6.27. The van der Waals surface area contributed by atoms with Crippen LogP contribution in [0.25, 0.3) is 0 Å². The number of nitrogens with zero attached hydrogens (tertiary/aromatic N) is 2. The Balaban J connectivity index is 0.00000256. The summed E-state index contributed by atoms with van der Waals surface area (Å²) in [5.74, 6) is 0.876. The van der Waals surface area contributed by atoms with Gasteiger partial charge in [-0.05, 0) is 42.0 Å². The van der Waals surface area contributed by atoms with Crippen molar-refractivity contribution in [2.45, 2.75) is 51.2 Å². The van der Waals surface area contributed by atoms with Gasteiger partial charge in [-0.25, -0.2) is 0 Å². The number of amides is 1. The van der Waals surface area contributed by atoms with E-state index in [-0.39, 0.29) is 30.2 Å². The van der Waals surface area contributed by atoms with E-state index in [9.17, 15) is 4.79 Å². The van der Waals surface area contributed by atoms with E-state index >= 15 is 0 Å². The van der Waals surface area contributed by atoms with Gasteiger partial charge in [0.1, 0.15) is 0 Å². The van der Waals surface area contributed by atoms with Crippen molar-refractivity contribution in [3.8, 4) is 0 Å². The maximum absolute atomic E-state index is 12.9. The first-order valence-electron chi connectivity index (χ1n) is 10.8. The first-order valence-corrected chi connectivity index (χ1v) is 10.8. The number of ether oxygens (including phenoxy) is 1. The van der Waals surface area contributed by atoms with E-state index in [0.717, 1.165) is 42.1 Å². The van der Waals surface area contributed by atoms with Crippen LogP contribution in [-0.2, 0) is 23.2 Å². The minimum atomic E-state index is -0.0946. The maximum atomic E-state index is 12.9. The van der Waals surface area contributed by atoms with E-state index in [1.54, 1.807) is 4.68 Å². The highest BCUT2D eigenvalue weighted by molar-refractivity contribution is 5.93. The van der Waals surface area contributed by atoms with E-state index in [2.05, 4.69) is 28.7 Å². The second-order valence-corrected chi connectivity index (χ2v) is 8.71. The fourth-order valence-electron chi connectivity index (χ4n) is 4.65. The maximum Gasteiger partial charge on any atom is 0.229 e. The molecule has 0 radical (unpaired) electrons. The molecule has 6 nitrogen and oxygen atoms in total. The summed E-state index contributed by atoms with van der Waals surface area (Å²) >= 11 is 0. The predicted octanol–water partition coefficient (Wildman–Crippen LogP) is 3.88. The van der Waals surface area contributed by atoms with Gasteiger partial charge in [-0.15, -0.1) is 12.4 Å². The Labute approximate surface area is 185 Å². The van der Waals surface area contributed by atoms with Crippen molar-refractivity contribution in [1.82, 2.24) is 15.1 Å². The van der Waals surface area contributed by atoms with Crippen LogP contribution >= 0.6 is 12.4 Å². The molecule has 7 heteroatoms. The summed E-state index contributed by atoms with van der Waals surface area (Å²) in [6.45, 7) is 4.40. The summed E-state index contributed by atoms with van der Waals surface area (Å²) in [5.41, 5.74) is 3.06.